The van der Waals surface area contributed by atoms with E-state index < -0.39 is 0 Å². The number of esters is 1. The highest BCUT2D eigenvalue weighted by molar-refractivity contribution is 6.34. The number of oxazole rings is 1. The Balaban J connectivity index is 1.75. The average molecular weight is 309 g/mol. The molecule has 0 radical (unpaired) electrons. The monoisotopic (exact) mass is 308 g/mol. The minimum atomic E-state index is -0.127. The Morgan fingerprint density at radius 3 is 3.14 bits per heavy atom. The molecule has 1 aromatic heterocycles. The molecule has 5 nitrogen and oxygen atoms in total. The van der Waals surface area contributed by atoms with Crippen molar-refractivity contribution in [3.05, 3.63) is 28.6 Å². The van der Waals surface area contributed by atoms with Crippen LogP contribution in [0.1, 0.15) is 17.9 Å². The number of hydrogen-bond donors (Lipinski definition) is 0. The second-order valence-electron chi connectivity index (χ2n) is 5.40. The molecule has 1 saturated heterocycles. The fraction of sp³-hybridized carbons (Fsp3) is 0.467. The largest absolute Gasteiger partial charge is 0.469 e. The second kappa shape index (κ2) is 5.66. The molecule has 1 aliphatic heterocycles. The molecule has 0 bridgehead atoms. The summed E-state index contributed by atoms with van der Waals surface area (Å²) < 4.78 is 10.3. The number of methoxy groups -OCH3 is 1. The third kappa shape index (κ3) is 2.89. The normalized spacial score (nSPS) is 19.3. The minimum absolute atomic E-state index is 0.0245. The van der Waals surface area contributed by atoms with Gasteiger partial charge in [-0.05, 0) is 30.7 Å². The summed E-state index contributed by atoms with van der Waals surface area (Å²) in [6.07, 6.45) is 0.839. The molecule has 0 saturated carbocycles. The van der Waals surface area contributed by atoms with Crippen LogP contribution in [0.3, 0.4) is 0 Å². The number of carbonyl (C=O) groups excluding carboxylic acids is 1. The number of aromatic nitrogens is 1. The number of benzene rings is 1. The molecule has 3 rings (SSSR count). The van der Waals surface area contributed by atoms with E-state index in [0.29, 0.717) is 16.5 Å². The van der Waals surface area contributed by atoms with Crippen LogP contribution in [-0.4, -0.2) is 36.1 Å². The quantitative estimate of drug-likeness (QED) is 0.816. The van der Waals surface area contributed by atoms with Crippen LogP contribution in [0.2, 0.25) is 5.02 Å². The Morgan fingerprint density at radius 1 is 1.57 bits per heavy atom. The predicted molar refractivity (Wildman–Crippen MR) is 79.2 cm³/mol. The molecule has 1 aliphatic rings. The molecule has 1 aromatic carbocycles. The highest BCUT2D eigenvalue weighted by Crippen LogP contribution is 2.28. The van der Waals surface area contributed by atoms with Crippen LogP contribution in [0.15, 0.2) is 16.5 Å². The third-order valence-electron chi connectivity index (χ3n) is 3.82. The van der Waals surface area contributed by atoms with Crippen molar-refractivity contribution in [1.82, 2.24) is 9.88 Å². The predicted octanol–water partition coefficient (Wildman–Crippen LogP) is 2.78. The van der Waals surface area contributed by atoms with Gasteiger partial charge in [0.2, 0.25) is 0 Å². The molecule has 0 spiro atoms. The van der Waals surface area contributed by atoms with Crippen LogP contribution in [-0.2, 0) is 16.1 Å². The Morgan fingerprint density at radius 2 is 2.38 bits per heavy atom. The van der Waals surface area contributed by atoms with Gasteiger partial charge in [-0.1, -0.05) is 11.6 Å². The summed E-state index contributed by atoms with van der Waals surface area (Å²) >= 11 is 6.24. The lowest BCUT2D eigenvalue weighted by Crippen LogP contribution is -2.23. The van der Waals surface area contributed by atoms with Gasteiger partial charge in [0.05, 0.1) is 18.1 Å². The van der Waals surface area contributed by atoms with Gasteiger partial charge >= 0.3 is 5.97 Å². The van der Waals surface area contributed by atoms with Crippen molar-refractivity contribution in [2.24, 2.45) is 5.92 Å². The molecule has 0 aliphatic carbocycles. The molecule has 6 heteroatoms. The van der Waals surface area contributed by atoms with E-state index >= 15 is 0 Å². The van der Waals surface area contributed by atoms with Gasteiger partial charge in [-0.15, -0.1) is 0 Å². The van der Waals surface area contributed by atoms with E-state index in [0.717, 1.165) is 37.1 Å². The summed E-state index contributed by atoms with van der Waals surface area (Å²) in [6.45, 7) is 4.15. The van der Waals surface area contributed by atoms with Gasteiger partial charge in [-0.2, -0.15) is 0 Å². The number of hydrogen-bond acceptors (Lipinski definition) is 5. The van der Waals surface area contributed by atoms with Gasteiger partial charge in [-0.25, -0.2) is 4.98 Å². The lowest BCUT2D eigenvalue weighted by atomic mass is 10.1. The van der Waals surface area contributed by atoms with Crippen molar-refractivity contribution in [1.29, 1.82) is 0 Å². The summed E-state index contributed by atoms with van der Waals surface area (Å²) in [4.78, 5) is 18.1. The van der Waals surface area contributed by atoms with E-state index in [9.17, 15) is 4.79 Å². The van der Waals surface area contributed by atoms with Crippen molar-refractivity contribution in [3.63, 3.8) is 0 Å². The van der Waals surface area contributed by atoms with Crippen molar-refractivity contribution in [2.75, 3.05) is 20.2 Å². The SMILES string of the molecule is COC(=O)C1CCN(Cc2cc(Cl)c3oc(C)nc3c2)C1. The molecule has 0 N–H and O–H groups in total. The molecular weight excluding hydrogens is 292 g/mol. The summed E-state index contributed by atoms with van der Waals surface area (Å²) in [5.74, 6) is 0.456. The molecule has 2 heterocycles. The number of aryl methyl sites for hydroxylation is 1. The Kier molecular flexibility index (Phi) is 3.87. The highest BCUT2D eigenvalue weighted by atomic mass is 35.5. The van der Waals surface area contributed by atoms with E-state index in [1.807, 2.05) is 12.1 Å². The van der Waals surface area contributed by atoms with Crippen molar-refractivity contribution in [3.8, 4) is 0 Å². The summed E-state index contributed by atoms with van der Waals surface area (Å²) in [6, 6.07) is 3.89. The Labute approximate surface area is 127 Å². The van der Waals surface area contributed by atoms with E-state index in [4.69, 9.17) is 20.8 Å². The van der Waals surface area contributed by atoms with Gasteiger partial charge in [0.1, 0.15) is 5.52 Å². The number of rotatable bonds is 3. The van der Waals surface area contributed by atoms with Crippen LogP contribution >= 0.6 is 11.6 Å². The minimum Gasteiger partial charge on any atom is -0.469 e. The van der Waals surface area contributed by atoms with Crippen LogP contribution in [0.4, 0.5) is 0 Å². The standard InChI is InChI=1S/C15H17ClN2O3/c1-9-17-13-6-10(5-12(16)14(13)21-9)7-18-4-3-11(8-18)15(19)20-2/h5-6,11H,3-4,7-8H2,1-2H3. The van der Waals surface area contributed by atoms with Crippen LogP contribution < -0.4 is 0 Å². The van der Waals surface area contributed by atoms with Gasteiger partial charge in [0.15, 0.2) is 11.5 Å². The molecule has 1 atom stereocenters. The maximum atomic E-state index is 11.6. The number of likely N-dealkylation sites (tertiary alicyclic amines) is 1. The summed E-state index contributed by atoms with van der Waals surface area (Å²) in [5.41, 5.74) is 2.48. The number of ether oxygens (including phenoxy) is 1. The summed E-state index contributed by atoms with van der Waals surface area (Å²) in [5, 5.41) is 0.576. The van der Waals surface area contributed by atoms with E-state index in [1.54, 1.807) is 6.92 Å². The van der Waals surface area contributed by atoms with Crippen LogP contribution in [0, 0.1) is 12.8 Å². The third-order valence-corrected chi connectivity index (χ3v) is 4.11. The molecule has 21 heavy (non-hydrogen) atoms. The van der Waals surface area contributed by atoms with Crippen LogP contribution in [0.5, 0.6) is 0 Å². The molecule has 112 valence electrons. The number of fused-ring (bicyclic) bond motifs is 1. The van der Waals surface area contributed by atoms with Crippen LogP contribution in [0.25, 0.3) is 11.1 Å². The zero-order valence-corrected chi connectivity index (χ0v) is 12.8. The number of halogens is 1. The lowest BCUT2D eigenvalue weighted by Gasteiger charge is -2.15. The van der Waals surface area contributed by atoms with E-state index in [-0.39, 0.29) is 11.9 Å². The highest BCUT2D eigenvalue weighted by Gasteiger charge is 2.29. The zero-order chi connectivity index (χ0) is 15.0. The number of carbonyl (C=O) groups is 1. The molecule has 1 unspecified atom stereocenters. The van der Waals surface area contributed by atoms with Gasteiger partial charge in [0.25, 0.3) is 0 Å². The fourth-order valence-electron chi connectivity index (χ4n) is 2.84. The molecule has 0 amide bonds. The smallest absolute Gasteiger partial charge is 0.310 e. The maximum absolute atomic E-state index is 11.6. The number of nitrogens with zero attached hydrogens (tertiary/aromatic N) is 2. The van der Waals surface area contributed by atoms with Crippen molar-refractivity contribution in [2.45, 2.75) is 19.9 Å². The average Bonchev–Trinajstić information content (AvgIpc) is 3.04. The first-order valence-corrected chi connectivity index (χ1v) is 7.30. The van der Waals surface area contributed by atoms with Gasteiger partial charge < -0.3 is 9.15 Å². The molecule has 2 aromatic rings. The topological polar surface area (TPSA) is 55.6 Å². The lowest BCUT2D eigenvalue weighted by molar-refractivity contribution is -0.144. The summed E-state index contributed by atoms with van der Waals surface area (Å²) in [7, 11) is 1.44. The first-order chi connectivity index (χ1) is 10.1. The zero-order valence-electron chi connectivity index (χ0n) is 12.1. The first-order valence-electron chi connectivity index (χ1n) is 6.92. The molecular formula is C15H17ClN2O3. The fourth-order valence-corrected chi connectivity index (χ4v) is 3.12. The Bertz CT molecular complexity index is 683. The van der Waals surface area contributed by atoms with Gasteiger partial charge in [-0.3, -0.25) is 9.69 Å². The first kappa shape index (κ1) is 14.4. The van der Waals surface area contributed by atoms with E-state index in [2.05, 4.69) is 9.88 Å². The maximum Gasteiger partial charge on any atom is 0.310 e. The van der Waals surface area contributed by atoms with Crippen molar-refractivity contribution >= 4 is 28.7 Å². The molecule has 1 fully saturated rings. The van der Waals surface area contributed by atoms with Crippen molar-refractivity contribution < 1.29 is 13.9 Å². The second-order valence-corrected chi connectivity index (χ2v) is 5.81. The Hall–Kier alpha value is -1.59. The van der Waals surface area contributed by atoms with E-state index in [1.165, 1.54) is 7.11 Å². The van der Waals surface area contributed by atoms with Gasteiger partial charge in [0, 0.05) is 20.0 Å².